The van der Waals surface area contributed by atoms with Crippen molar-refractivity contribution in [2.75, 3.05) is 20.8 Å². The Morgan fingerprint density at radius 3 is 2.48 bits per heavy atom. The molecule has 1 heterocycles. The second-order valence-corrected chi connectivity index (χ2v) is 4.76. The molecule has 0 aliphatic rings. The molecule has 0 aliphatic heterocycles. The summed E-state index contributed by atoms with van der Waals surface area (Å²) < 4.78 is 16.3. The van der Waals surface area contributed by atoms with Gasteiger partial charge in [-0.25, -0.2) is 0 Å². The highest BCUT2D eigenvalue weighted by Crippen LogP contribution is 2.33. The first-order chi connectivity index (χ1) is 10.2. The van der Waals surface area contributed by atoms with Gasteiger partial charge in [-0.3, -0.25) is 0 Å². The van der Waals surface area contributed by atoms with Crippen molar-refractivity contribution in [2.24, 2.45) is 0 Å². The molecule has 1 aromatic heterocycles. The number of nitrogens with one attached hydrogen (secondary N) is 1. The van der Waals surface area contributed by atoms with Gasteiger partial charge in [-0.2, -0.15) is 0 Å². The van der Waals surface area contributed by atoms with Crippen LogP contribution in [0.1, 0.15) is 36.8 Å². The van der Waals surface area contributed by atoms with Gasteiger partial charge in [-0.15, -0.1) is 0 Å². The van der Waals surface area contributed by atoms with Crippen molar-refractivity contribution in [3.8, 4) is 11.5 Å². The van der Waals surface area contributed by atoms with Gasteiger partial charge in [-0.05, 0) is 30.3 Å². The van der Waals surface area contributed by atoms with Crippen LogP contribution in [0.2, 0.25) is 0 Å². The Hall–Kier alpha value is -1.94. The van der Waals surface area contributed by atoms with E-state index in [1.165, 1.54) is 5.56 Å². The molecule has 2 aromatic rings. The molecule has 114 valence electrons. The molecule has 0 spiro atoms. The maximum absolute atomic E-state index is 5.57. The third-order valence-electron chi connectivity index (χ3n) is 3.56. The summed E-state index contributed by atoms with van der Waals surface area (Å²) >= 11 is 0. The number of ether oxygens (including phenoxy) is 2. The predicted octanol–water partition coefficient (Wildman–Crippen LogP) is 3.56. The number of benzene rings is 1. The van der Waals surface area contributed by atoms with Crippen LogP contribution in [-0.2, 0) is 6.42 Å². The first kappa shape index (κ1) is 15.4. The van der Waals surface area contributed by atoms with Gasteiger partial charge in [0.2, 0.25) is 0 Å². The van der Waals surface area contributed by atoms with Gasteiger partial charge < -0.3 is 19.2 Å². The lowest BCUT2D eigenvalue weighted by atomic mass is 9.97. The van der Waals surface area contributed by atoms with Crippen molar-refractivity contribution < 1.29 is 13.9 Å². The zero-order valence-corrected chi connectivity index (χ0v) is 13.1. The number of furan rings is 1. The molecule has 4 heteroatoms. The molecule has 1 unspecified atom stereocenters. The zero-order valence-electron chi connectivity index (χ0n) is 13.1. The molecule has 0 amide bonds. The topological polar surface area (TPSA) is 43.6 Å². The first-order valence-electron chi connectivity index (χ1n) is 7.26. The minimum Gasteiger partial charge on any atom is -0.493 e. The highest BCUT2D eigenvalue weighted by molar-refractivity contribution is 5.46. The summed E-state index contributed by atoms with van der Waals surface area (Å²) in [7, 11) is 3.30. The largest absolute Gasteiger partial charge is 0.493 e. The summed E-state index contributed by atoms with van der Waals surface area (Å²) in [6.07, 6.45) is 2.62. The summed E-state index contributed by atoms with van der Waals surface area (Å²) in [6, 6.07) is 8.12. The van der Waals surface area contributed by atoms with E-state index >= 15 is 0 Å². The van der Waals surface area contributed by atoms with Gasteiger partial charge >= 0.3 is 0 Å². The average Bonchev–Trinajstić information content (AvgIpc) is 3.00. The molecule has 0 bridgehead atoms. The number of methoxy groups -OCH3 is 2. The Morgan fingerprint density at radius 1 is 1.10 bits per heavy atom. The van der Waals surface area contributed by atoms with Crippen LogP contribution in [0.15, 0.2) is 34.9 Å². The monoisotopic (exact) mass is 289 g/mol. The van der Waals surface area contributed by atoms with Crippen LogP contribution in [0, 0.1) is 0 Å². The van der Waals surface area contributed by atoms with Gasteiger partial charge in [0.05, 0.1) is 26.5 Å². The van der Waals surface area contributed by atoms with Crippen molar-refractivity contribution in [2.45, 2.75) is 26.3 Å². The lowest BCUT2D eigenvalue weighted by Gasteiger charge is -2.20. The van der Waals surface area contributed by atoms with Crippen LogP contribution in [0.5, 0.6) is 11.5 Å². The smallest absolute Gasteiger partial charge is 0.161 e. The van der Waals surface area contributed by atoms with Crippen LogP contribution in [0.4, 0.5) is 0 Å². The van der Waals surface area contributed by atoms with Gasteiger partial charge in [-0.1, -0.05) is 19.9 Å². The van der Waals surface area contributed by atoms with E-state index in [0.717, 1.165) is 35.8 Å². The van der Waals surface area contributed by atoms with E-state index in [1.54, 1.807) is 20.5 Å². The Bertz CT molecular complexity index is 577. The molecule has 21 heavy (non-hydrogen) atoms. The van der Waals surface area contributed by atoms with Crippen LogP contribution < -0.4 is 14.8 Å². The van der Waals surface area contributed by atoms with E-state index in [4.69, 9.17) is 13.9 Å². The summed E-state index contributed by atoms with van der Waals surface area (Å²) in [5.74, 6) is 2.48. The fourth-order valence-electron chi connectivity index (χ4n) is 2.54. The standard InChI is InChI=1S/C17H23NO3/c1-5-14-13(9-10-21-14)17(18-6-2)12-7-8-15(19-3)16(11-12)20-4/h7-11,17-18H,5-6H2,1-4H3. The van der Waals surface area contributed by atoms with Crippen molar-refractivity contribution >= 4 is 0 Å². The fourth-order valence-corrected chi connectivity index (χ4v) is 2.54. The second kappa shape index (κ2) is 7.18. The number of hydrogen-bond donors (Lipinski definition) is 1. The molecule has 0 aliphatic carbocycles. The molecule has 4 nitrogen and oxygen atoms in total. The summed E-state index contributed by atoms with van der Waals surface area (Å²) in [4.78, 5) is 0. The number of rotatable bonds is 7. The van der Waals surface area contributed by atoms with Crippen molar-refractivity contribution in [3.63, 3.8) is 0 Å². The molecule has 0 saturated heterocycles. The SMILES string of the molecule is CCNC(c1ccc(OC)c(OC)c1)c1ccoc1CC. The molecular weight excluding hydrogens is 266 g/mol. The quantitative estimate of drug-likeness (QED) is 0.846. The first-order valence-corrected chi connectivity index (χ1v) is 7.26. The zero-order chi connectivity index (χ0) is 15.2. The third-order valence-corrected chi connectivity index (χ3v) is 3.56. The molecular formula is C17H23NO3. The third kappa shape index (κ3) is 3.22. The number of hydrogen-bond acceptors (Lipinski definition) is 4. The van der Waals surface area contributed by atoms with Crippen molar-refractivity contribution in [1.82, 2.24) is 5.32 Å². The lowest BCUT2D eigenvalue weighted by Crippen LogP contribution is -2.22. The minimum atomic E-state index is 0.0866. The van der Waals surface area contributed by atoms with E-state index in [2.05, 4.69) is 25.2 Å². The van der Waals surface area contributed by atoms with Crippen LogP contribution in [0.25, 0.3) is 0 Å². The Morgan fingerprint density at radius 2 is 1.86 bits per heavy atom. The van der Waals surface area contributed by atoms with Gasteiger partial charge in [0.25, 0.3) is 0 Å². The minimum absolute atomic E-state index is 0.0866. The van der Waals surface area contributed by atoms with Crippen LogP contribution in [-0.4, -0.2) is 20.8 Å². The van der Waals surface area contributed by atoms with Crippen molar-refractivity contribution in [1.29, 1.82) is 0 Å². The summed E-state index contributed by atoms with van der Waals surface area (Å²) in [5, 5.41) is 3.51. The maximum Gasteiger partial charge on any atom is 0.161 e. The Labute approximate surface area is 126 Å². The molecule has 0 radical (unpaired) electrons. The molecule has 1 aromatic carbocycles. The normalized spacial score (nSPS) is 12.2. The van der Waals surface area contributed by atoms with Crippen molar-refractivity contribution in [3.05, 3.63) is 47.4 Å². The average molecular weight is 289 g/mol. The maximum atomic E-state index is 5.57. The second-order valence-electron chi connectivity index (χ2n) is 4.76. The van der Waals surface area contributed by atoms with Gasteiger partial charge in [0.1, 0.15) is 5.76 Å². The van der Waals surface area contributed by atoms with E-state index in [9.17, 15) is 0 Å². The van der Waals surface area contributed by atoms with Gasteiger partial charge in [0.15, 0.2) is 11.5 Å². The lowest BCUT2D eigenvalue weighted by molar-refractivity contribution is 0.354. The Kier molecular flexibility index (Phi) is 5.28. The van der Waals surface area contributed by atoms with Crippen LogP contribution >= 0.6 is 0 Å². The molecule has 2 rings (SSSR count). The van der Waals surface area contributed by atoms with E-state index < -0.39 is 0 Å². The highest BCUT2D eigenvalue weighted by Gasteiger charge is 2.19. The predicted molar refractivity (Wildman–Crippen MR) is 83.2 cm³/mol. The molecule has 1 N–H and O–H groups in total. The van der Waals surface area contributed by atoms with Crippen LogP contribution in [0.3, 0.4) is 0 Å². The fraction of sp³-hybridized carbons (Fsp3) is 0.412. The summed E-state index contributed by atoms with van der Waals surface area (Å²) in [5.41, 5.74) is 2.30. The Balaban J connectivity index is 2.43. The van der Waals surface area contributed by atoms with Gasteiger partial charge in [0, 0.05) is 12.0 Å². The van der Waals surface area contributed by atoms with E-state index in [-0.39, 0.29) is 6.04 Å². The molecule has 0 saturated carbocycles. The number of aryl methyl sites for hydroxylation is 1. The summed E-state index contributed by atoms with van der Waals surface area (Å²) in [6.45, 7) is 5.06. The van der Waals surface area contributed by atoms with E-state index in [1.807, 2.05) is 18.2 Å². The molecule has 1 atom stereocenters. The molecule has 0 fully saturated rings. The van der Waals surface area contributed by atoms with E-state index in [0.29, 0.717) is 0 Å². The highest BCUT2D eigenvalue weighted by atomic mass is 16.5.